The van der Waals surface area contributed by atoms with E-state index < -0.39 is 0 Å². The molecule has 1 aromatic rings. The lowest BCUT2D eigenvalue weighted by Crippen LogP contribution is -2.66. The van der Waals surface area contributed by atoms with Crippen molar-refractivity contribution in [2.45, 2.75) is 50.3 Å². The van der Waals surface area contributed by atoms with Crippen molar-refractivity contribution < 1.29 is 19.1 Å². The van der Waals surface area contributed by atoms with Crippen molar-refractivity contribution in [2.75, 3.05) is 13.6 Å². The Bertz CT molecular complexity index is 879. The molecule has 2 bridgehead atoms. The van der Waals surface area contributed by atoms with E-state index in [2.05, 4.69) is 35.5 Å². The third-order valence-corrected chi connectivity index (χ3v) is 6.78. The van der Waals surface area contributed by atoms with Crippen LogP contribution in [0.15, 0.2) is 24.3 Å². The van der Waals surface area contributed by atoms with Gasteiger partial charge >= 0.3 is 5.97 Å². The van der Waals surface area contributed by atoms with Crippen LogP contribution in [-0.4, -0.2) is 48.6 Å². The Morgan fingerprint density at radius 2 is 2.11 bits per heavy atom. The number of benzene rings is 1. The van der Waals surface area contributed by atoms with Crippen molar-refractivity contribution in [2.24, 2.45) is 5.92 Å². The molecule has 5 rings (SSSR count). The zero-order valence-electron chi connectivity index (χ0n) is 15.8. The molecule has 5 atom stereocenters. The van der Waals surface area contributed by atoms with E-state index in [-0.39, 0.29) is 29.4 Å². The number of esters is 1. The van der Waals surface area contributed by atoms with E-state index in [0.717, 1.165) is 19.4 Å². The Morgan fingerprint density at radius 1 is 1.30 bits per heavy atom. The molecule has 1 saturated heterocycles. The number of likely N-dealkylation sites (tertiary alicyclic amines) is 1. The summed E-state index contributed by atoms with van der Waals surface area (Å²) in [5, 5.41) is 3.05. The number of hydrogen-bond acceptors (Lipinski definition) is 5. The van der Waals surface area contributed by atoms with Gasteiger partial charge in [-0.3, -0.25) is 9.59 Å². The molecule has 0 aromatic heterocycles. The van der Waals surface area contributed by atoms with Crippen molar-refractivity contribution in [1.29, 1.82) is 0 Å². The van der Waals surface area contributed by atoms with Crippen molar-refractivity contribution >= 4 is 11.9 Å². The highest BCUT2D eigenvalue weighted by molar-refractivity contribution is 5.75. The molecule has 27 heavy (non-hydrogen) atoms. The molecule has 2 aliphatic heterocycles. The van der Waals surface area contributed by atoms with E-state index in [4.69, 9.17) is 9.47 Å². The Labute approximate surface area is 158 Å². The van der Waals surface area contributed by atoms with Gasteiger partial charge in [-0.05, 0) is 38.1 Å². The summed E-state index contributed by atoms with van der Waals surface area (Å²) in [5.74, 6) is 1.09. The first-order valence-corrected chi connectivity index (χ1v) is 9.59. The zero-order chi connectivity index (χ0) is 18.9. The lowest BCUT2D eigenvalue weighted by Gasteiger charge is -2.57. The van der Waals surface area contributed by atoms with Crippen LogP contribution in [0.2, 0.25) is 0 Å². The fraction of sp³-hybridized carbons (Fsp3) is 0.524. The average molecular weight is 368 g/mol. The maximum atomic E-state index is 11.8. The molecule has 6 heteroatoms. The van der Waals surface area contributed by atoms with Gasteiger partial charge in [0.25, 0.3) is 0 Å². The van der Waals surface area contributed by atoms with Crippen LogP contribution in [0.5, 0.6) is 11.5 Å². The van der Waals surface area contributed by atoms with Crippen LogP contribution in [-0.2, 0) is 21.4 Å². The lowest BCUT2D eigenvalue weighted by molar-refractivity contribution is -0.132. The number of nitrogens with zero attached hydrogens (tertiary/aromatic N) is 1. The van der Waals surface area contributed by atoms with Crippen LogP contribution in [0, 0.1) is 5.92 Å². The second kappa shape index (κ2) is 5.58. The van der Waals surface area contributed by atoms with E-state index in [0.29, 0.717) is 23.5 Å². The van der Waals surface area contributed by atoms with Gasteiger partial charge in [0, 0.05) is 36.8 Å². The highest BCUT2D eigenvalue weighted by Gasteiger charge is 2.64. The molecule has 1 N–H and O–H groups in total. The molecule has 1 amide bonds. The molecule has 1 spiro atoms. The average Bonchev–Trinajstić information content (AvgIpc) is 2.95. The lowest BCUT2D eigenvalue weighted by atomic mass is 9.53. The number of carbonyl (C=O) groups is 2. The number of ether oxygens (including phenoxy) is 2. The molecule has 2 aliphatic carbocycles. The topological polar surface area (TPSA) is 67.9 Å². The van der Waals surface area contributed by atoms with E-state index in [1.54, 1.807) is 0 Å². The van der Waals surface area contributed by atoms with Crippen LogP contribution in [0.4, 0.5) is 0 Å². The number of amides is 1. The van der Waals surface area contributed by atoms with Crippen molar-refractivity contribution in [1.82, 2.24) is 10.2 Å². The van der Waals surface area contributed by atoms with Crippen LogP contribution < -0.4 is 14.8 Å². The van der Waals surface area contributed by atoms with E-state index in [1.807, 2.05) is 6.07 Å². The number of carbonyl (C=O) groups excluding carboxylic acids is 2. The zero-order valence-corrected chi connectivity index (χ0v) is 15.8. The minimum atomic E-state index is -0.354. The standard InChI is InChI=1S/C21H24N2O4/c1-11(24)22-15-6-5-14-16-10-13-4-7-17(26-12(2)25)19-18(13)21(14,20(15)27-19)8-9-23(16)3/h4-7,14-16,20H,8-10H2,1-3H3,(H,22,24)/t14?,15-,16+,20-,21?/m0/s1. The van der Waals surface area contributed by atoms with Crippen LogP contribution in [0.1, 0.15) is 31.4 Å². The predicted molar refractivity (Wildman–Crippen MR) is 98.8 cm³/mol. The van der Waals surface area contributed by atoms with Crippen LogP contribution in [0.3, 0.4) is 0 Å². The molecular formula is C21H24N2O4. The first kappa shape index (κ1) is 16.8. The number of nitrogens with one attached hydrogen (secondary N) is 1. The maximum Gasteiger partial charge on any atom is 0.308 e. The Morgan fingerprint density at radius 3 is 2.85 bits per heavy atom. The van der Waals surface area contributed by atoms with Crippen molar-refractivity contribution in [3.63, 3.8) is 0 Å². The Hall–Kier alpha value is -2.34. The summed E-state index contributed by atoms with van der Waals surface area (Å²) in [6, 6.07) is 4.16. The molecule has 1 aromatic carbocycles. The van der Waals surface area contributed by atoms with Gasteiger partial charge in [0.05, 0.1) is 6.04 Å². The summed E-state index contributed by atoms with van der Waals surface area (Å²) in [7, 11) is 2.19. The summed E-state index contributed by atoms with van der Waals surface area (Å²) in [6.07, 6.45) is 6.09. The first-order valence-electron chi connectivity index (χ1n) is 9.59. The van der Waals surface area contributed by atoms with Gasteiger partial charge in [-0.25, -0.2) is 0 Å². The van der Waals surface area contributed by atoms with Crippen LogP contribution >= 0.6 is 0 Å². The van der Waals surface area contributed by atoms with Crippen molar-refractivity contribution in [3.8, 4) is 11.5 Å². The molecule has 6 nitrogen and oxygen atoms in total. The predicted octanol–water partition coefficient (Wildman–Crippen LogP) is 1.56. The number of likely N-dealkylation sites (N-methyl/N-ethyl adjacent to an activating group) is 1. The van der Waals surface area contributed by atoms with Gasteiger partial charge in [0.15, 0.2) is 11.5 Å². The summed E-state index contributed by atoms with van der Waals surface area (Å²) >= 11 is 0. The maximum absolute atomic E-state index is 11.8. The molecule has 4 aliphatic rings. The molecule has 0 saturated carbocycles. The van der Waals surface area contributed by atoms with Gasteiger partial charge in [0.1, 0.15) is 6.10 Å². The smallest absolute Gasteiger partial charge is 0.308 e. The SMILES string of the molecule is CC(=O)N[C@H]1C=CC2[C@H]3Cc4ccc(OC(C)=O)c5c4C2(CCN3C)[C@H]1O5. The molecular weight excluding hydrogens is 344 g/mol. The molecule has 1 fully saturated rings. The second-order valence-corrected chi connectivity index (χ2v) is 8.24. The molecule has 142 valence electrons. The fourth-order valence-corrected chi connectivity index (χ4v) is 5.85. The summed E-state index contributed by atoms with van der Waals surface area (Å²) in [5.41, 5.74) is 2.28. The highest BCUT2D eigenvalue weighted by Crippen LogP contribution is 2.62. The summed E-state index contributed by atoms with van der Waals surface area (Å²) < 4.78 is 12.0. The highest BCUT2D eigenvalue weighted by atomic mass is 16.6. The van der Waals surface area contributed by atoms with Crippen LogP contribution in [0.25, 0.3) is 0 Å². The number of hydrogen-bond donors (Lipinski definition) is 1. The number of rotatable bonds is 2. The minimum absolute atomic E-state index is 0.0697. The Balaban J connectivity index is 1.71. The van der Waals surface area contributed by atoms with Crippen molar-refractivity contribution in [3.05, 3.63) is 35.4 Å². The van der Waals surface area contributed by atoms with E-state index in [9.17, 15) is 9.59 Å². The largest absolute Gasteiger partial charge is 0.483 e. The Kier molecular flexibility index (Phi) is 3.47. The van der Waals surface area contributed by atoms with E-state index in [1.165, 1.54) is 25.0 Å². The fourth-order valence-electron chi connectivity index (χ4n) is 5.85. The van der Waals surface area contributed by atoms with Gasteiger partial charge < -0.3 is 19.7 Å². The van der Waals surface area contributed by atoms with Gasteiger partial charge in [-0.1, -0.05) is 18.2 Å². The first-order chi connectivity index (χ1) is 12.9. The summed E-state index contributed by atoms with van der Waals surface area (Å²) in [6.45, 7) is 3.93. The third kappa shape index (κ3) is 2.16. The van der Waals surface area contributed by atoms with Gasteiger partial charge in [0.2, 0.25) is 5.91 Å². The second-order valence-electron chi connectivity index (χ2n) is 8.24. The molecule has 2 heterocycles. The molecule has 2 unspecified atom stereocenters. The summed E-state index contributed by atoms with van der Waals surface area (Å²) in [4.78, 5) is 25.8. The van der Waals surface area contributed by atoms with E-state index >= 15 is 0 Å². The minimum Gasteiger partial charge on any atom is -0.483 e. The van der Waals surface area contributed by atoms with Gasteiger partial charge in [-0.2, -0.15) is 0 Å². The monoisotopic (exact) mass is 368 g/mol. The third-order valence-electron chi connectivity index (χ3n) is 6.78. The normalized spacial score (nSPS) is 35.2. The van der Waals surface area contributed by atoms with Gasteiger partial charge in [-0.15, -0.1) is 0 Å². The quantitative estimate of drug-likeness (QED) is 0.488. The number of piperidine rings is 1. The molecule has 0 radical (unpaired) electrons.